The quantitative estimate of drug-likeness (QED) is 0.260. The van der Waals surface area contributed by atoms with E-state index in [1.807, 2.05) is 41.5 Å². The van der Waals surface area contributed by atoms with E-state index in [1.165, 1.54) is 0 Å². The molecule has 0 saturated carbocycles. The fourth-order valence-electron chi connectivity index (χ4n) is 4.88. The topological polar surface area (TPSA) is 99.3 Å². The number of carbonyl (C=O) groups is 2. The van der Waals surface area contributed by atoms with Crippen LogP contribution in [0.25, 0.3) is 0 Å². The minimum Gasteiger partial charge on any atom is -0.511 e. The van der Waals surface area contributed by atoms with Gasteiger partial charge in [-0.3, -0.25) is 19.6 Å². The lowest BCUT2D eigenvalue weighted by molar-refractivity contribution is -0.118. The van der Waals surface area contributed by atoms with Gasteiger partial charge in [-0.2, -0.15) is 0 Å². The number of aliphatic imine (C=N–C) groups is 2. The van der Waals surface area contributed by atoms with Crippen LogP contribution in [0.2, 0.25) is 0 Å². The normalized spacial score (nSPS) is 21.5. The zero-order valence-electron chi connectivity index (χ0n) is 22.1. The van der Waals surface area contributed by atoms with E-state index in [9.17, 15) is 19.8 Å². The molecule has 0 fully saturated rings. The lowest BCUT2D eigenvalue weighted by Gasteiger charge is -2.30. The summed E-state index contributed by atoms with van der Waals surface area (Å²) in [6.45, 7) is 13.3. The van der Waals surface area contributed by atoms with E-state index in [-0.39, 0.29) is 33.9 Å². The van der Waals surface area contributed by atoms with Crippen molar-refractivity contribution in [1.29, 1.82) is 0 Å². The minimum absolute atomic E-state index is 0.0284. The van der Waals surface area contributed by atoms with Crippen LogP contribution in [0.15, 0.2) is 32.6 Å². The van der Waals surface area contributed by atoms with E-state index in [0.717, 1.165) is 25.7 Å². The molecule has 0 aromatic rings. The van der Waals surface area contributed by atoms with Gasteiger partial charge in [0.2, 0.25) is 0 Å². The van der Waals surface area contributed by atoms with Gasteiger partial charge in [0.15, 0.2) is 11.6 Å². The highest BCUT2D eigenvalue weighted by atomic mass is 16.3. The second-order valence-electron chi connectivity index (χ2n) is 11.4. The summed E-state index contributed by atoms with van der Waals surface area (Å²) in [5, 5.41) is 21.3. The zero-order valence-corrected chi connectivity index (χ0v) is 22.1. The molecule has 0 heterocycles. The fraction of sp³-hybridized carbons (Fsp3) is 0.714. The number of rotatable bonds is 11. The molecule has 0 amide bonds. The van der Waals surface area contributed by atoms with E-state index in [0.29, 0.717) is 74.2 Å². The van der Waals surface area contributed by atoms with Crippen LogP contribution in [0.3, 0.4) is 0 Å². The van der Waals surface area contributed by atoms with Gasteiger partial charge in [0, 0.05) is 50.2 Å². The Morgan fingerprint density at radius 2 is 1.06 bits per heavy atom. The monoisotopic (exact) mass is 472 g/mol. The molecule has 6 nitrogen and oxygen atoms in total. The Kier molecular flexibility index (Phi) is 9.84. The van der Waals surface area contributed by atoms with Crippen molar-refractivity contribution in [2.45, 2.75) is 106 Å². The first kappa shape index (κ1) is 28.0. The fourth-order valence-corrected chi connectivity index (χ4v) is 4.88. The van der Waals surface area contributed by atoms with Gasteiger partial charge in [0.05, 0.1) is 11.1 Å². The second kappa shape index (κ2) is 11.9. The average Bonchev–Trinajstić information content (AvgIpc) is 2.69. The Hall–Kier alpha value is -2.24. The highest BCUT2D eigenvalue weighted by Crippen LogP contribution is 2.38. The number of hydrogen-bond acceptors (Lipinski definition) is 6. The van der Waals surface area contributed by atoms with Crippen molar-refractivity contribution in [1.82, 2.24) is 0 Å². The number of unbranched alkanes of at least 4 members (excludes halogenated alkanes) is 1. The Labute approximate surface area is 205 Å². The minimum atomic E-state index is -0.234. The summed E-state index contributed by atoms with van der Waals surface area (Å²) >= 11 is 0. The molecule has 2 rings (SSSR count). The molecule has 0 saturated heterocycles. The summed E-state index contributed by atoms with van der Waals surface area (Å²) in [4.78, 5) is 35.0. The largest absolute Gasteiger partial charge is 0.511 e. The molecule has 2 N–H and O–H groups in total. The number of Topliss-reactive ketones (excluding diaryl/α,β-unsaturated/α-hetero) is 2. The lowest BCUT2D eigenvalue weighted by atomic mass is 9.75. The average molecular weight is 473 g/mol. The van der Waals surface area contributed by atoms with E-state index >= 15 is 0 Å². The first-order chi connectivity index (χ1) is 15.9. The van der Waals surface area contributed by atoms with E-state index < -0.39 is 0 Å². The van der Waals surface area contributed by atoms with Gasteiger partial charge in [-0.15, -0.1) is 0 Å². The van der Waals surface area contributed by atoms with Crippen LogP contribution in [0.1, 0.15) is 106 Å². The molecule has 0 bridgehead atoms. The van der Waals surface area contributed by atoms with Crippen molar-refractivity contribution in [2.75, 3.05) is 13.1 Å². The highest BCUT2D eigenvalue weighted by Gasteiger charge is 2.36. The number of hydrogen-bond donors (Lipinski definition) is 2. The standard InChI is InChI=1S/C28H44N2O4/c1-7-13-29-19(25-21(31)15-27(3,4)16-22(25)32)11-9-10-12-20(30-14-8-2)26-23(33)17-28(5,6)18-24(26)34/h31,33H,7-18H2,1-6H3. The van der Waals surface area contributed by atoms with Crippen LogP contribution in [-0.2, 0) is 9.59 Å². The number of carbonyl (C=O) groups excluding carboxylic acids is 2. The third-order valence-electron chi connectivity index (χ3n) is 6.41. The van der Waals surface area contributed by atoms with Crippen LogP contribution in [0, 0.1) is 10.8 Å². The van der Waals surface area contributed by atoms with Crippen molar-refractivity contribution in [3.05, 3.63) is 22.7 Å². The molecule has 0 aromatic heterocycles. The van der Waals surface area contributed by atoms with Crippen molar-refractivity contribution in [2.24, 2.45) is 20.8 Å². The molecule has 2 aliphatic rings. The molecule has 190 valence electrons. The number of aliphatic hydroxyl groups excluding tert-OH is 2. The summed E-state index contributed by atoms with van der Waals surface area (Å²) in [5.74, 6) is 0.261. The molecule has 0 atom stereocenters. The van der Waals surface area contributed by atoms with Crippen molar-refractivity contribution in [3.63, 3.8) is 0 Å². The molecular weight excluding hydrogens is 428 g/mol. The van der Waals surface area contributed by atoms with Crippen LogP contribution in [0.4, 0.5) is 0 Å². The third kappa shape index (κ3) is 7.64. The maximum Gasteiger partial charge on any atom is 0.168 e. The summed E-state index contributed by atoms with van der Waals surface area (Å²) in [5.41, 5.74) is 1.76. The summed E-state index contributed by atoms with van der Waals surface area (Å²) in [6.07, 6.45) is 6.25. The second-order valence-corrected chi connectivity index (χ2v) is 11.4. The Balaban J connectivity index is 2.14. The number of aliphatic hydroxyl groups is 2. The summed E-state index contributed by atoms with van der Waals surface area (Å²) in [7, 11) is 0. The van der Waals surface area contributed by atoms with Crippen molar-refractivity contribution < 1.29 is 19.8 Å². The maximum absolute atomic E-state index is 12.8. The molecule has 0 radical (unpaired) electrons. The Bertz CT molecular complexity index is 829. The van der Waals surface area contributed by atoms with Crippen molar-refractivity contribution >= 4 is 23.0 Å². The van der Waals surface area contributed by atoms with Gasteiger partial charge in [-0.05, 0) is 49.4 Å². The van der Waals surface area contributed by atoms with Gasteiger partial charge in [-0.1, -0.05) is 41.5 Å². The highest BCUT2D eigenvalue weighted by molar-refractivity contribution is 6.24. The predicted octanol–water partition coefficient (Wildman–Crippen LogP) is 6.65. The van der Waals surface area contributed by atoms with Crippen LogP contribution in [0.5, 0.6) is 0 Å². The van der Waals surface area contributed by atoms with Gasteiger partial charge in [0.25, 0.3) is 0 Å². The summed E-state index contributed by atoms with van der Waals surface area (Å²) in [6, 6.07) is 0. The Morgan fingerprint density at radius 3 is 1.35 bits per heavy atom. The van der Waals surface area contributed by atoms with Crippen LogP contribution in [-0.4, -0.2) is 46.3 Å². The number of ketones is 2. The van der Waals surface area contributed by atoms with E-state index in [2.05, 4.69) is 9.98 Å². The molecule has 0 aliphatic heterocycles. The molecular formula is C28H44N2O4. The molecule has 0 unspecified atom stereocenters. The molecule has 6 heteroatoms. The SMILES string of the molecule is CCCN=C(CCCCC(=NCCC)C1=C(O)CC(C)(C)CC1=O)C1=C(O)CC(C)(C)CC1=O. The number of nitrogens with zero attached hydrogens (tertiary/aromatic N) is 2. The first-order valence-corrected chi connectivity index (χ1v) is 12.9. The lowest BCUT2D eigenvalue weighted by Crippen LogP contribution is -2.30. The molecule has 2 aliphatic carbocycles. The molecule has 0 aromatic carbocycles. The predicted molar refractivity (Wildman–Crippen MR) is 139 cm³/mol. The van der Waals surface area contributed by atoms with Crippen LogP contribution < -0.4 is 0 Å². The summed E-state index contributed by atoms with van der Waals surface area (Å²) < 4.78 is 0. The number of allylic oxidation sites excluding steroid dienone is 4. The Morgan fingerprint density at radius 1 is 0.706 bits per heavy atom. The third-order valence-corrected chi connectivity index (χ3v) is 6.41. The van der Waals surface area contributed by atoms with Crippen molar-refractivity contribution in [3.8, 4) is 0 Å². The van der Waals surface area contributed by atoms with Gasteiger partial charge in [0.1, 0.15) is 11.5 Å². The van der Waals surface area contributed by atoms with E-state index in [4.69, 9.17) is 0 Å². The zero-order chi connectivity index (χ0) is 25.5. The smallest absolute Gasteiger partial charge is 0.168 e. The van der Waals surface area contributed by atoms with E-state index in [1.54, 1.807) is 0 Å². The van der Waals surface area contributed by atoms with Gasteiger partial charge >= 0.3 is 0 Å². The van der Waals surface area contributed by atoms with Crippen LogP contribution >= 0.6 is 0 Å². The first-order valence-electron chi connectivity index (χ1n) is 12.9. The van der Waals surface area contributed by atoms with Gasteiger partial charge < -0.3 is 10.2 Å². The molecule has 34 heavy (non-hydrogen) atoms. The molecule has 0 spiro atoms. The van der Waals surface area contributed by atoms with Gasteiger partial charge in [-0.25, -0.2) is 0 Å². The maximum atomic E-state index is 12.8.